The SMILES string of the molecule is COC(=O)c1cc2ccc(-c3ccc(C)cc3)cc2s1. The van der Waals surface area contributed by atoms with E-state index in [4.69, 9.17) is 4.74 Å². The molecule has 0 aliphatic carbocycles. The smallest absolute Gasteiger partial charge is 0.348 e. The highest BCUT2D eigenvalue weighted by Crippen LogP contribution is 2.30. The maximum absolute atomic E-state index is 11.6. The van der Waals surface area contributed by atoms with Gasteiger partial charge in [0.25, 0.3) is 0 Å². The van der Waals surface area contributed by atoms with Crippen LogP contribution in [0, 0.1) is 6.92 Å². The number of rotatable bonds is 2. The minimum atomic E-state index is -0.275. The van der Waals surface area contributed by atoms with Crippen molar-refractivity contribution >= 4 is 27.4 Å². The maximum Gasteiger partial charge on any atom is 0.348 e. The van der Waals surface area contributed by atoms with E-state index in [1.54, 1.807) is 0 Å². The quantitative estimate of drug-likeness (QED) is 0.639. The molecule has 0 fully saturated rings. The van der Waals surface area contributed by atoms with Crippen LogP contribution in [0.2, 0.25) is 0 Å². The number of hydrogen-bond donors (Lipinski definition) is 0. The van der Waals surface area contributed by atoms with Gasteiger partial charge in [-0.15, -0.1) is 11.3 Å². The lowest BCUT2D eigenvalue weighted by molar-refractivity contribution is 0.0606. The molecule has 20 heavy (non-hydrogen) atoms. The molecule has 0 amide bonds. The Balaban J connectivity index is 2.06. The van der Waals surface area contributed by atoms with E-state index in [0.29, 0.717) is 4.88 Å². The van der Waals surface area contributed by atoms with E-state index in [-0.39, 0.29) is 5.97 Å². The van der Waals surface area contributed by atoms with Crippen LogP contribution in [0.15, 0.2) is 48.5 Å². The number of fused-ring (bicyclic) bond motifs is 1. The standard InChI is InChI=1S/C17H14O2S/c1-11-3-5-12(6-4-11)13-7-8-14-10-16(17(18)19-2)20-15(14)9-13/h3-10H,1-2H3. The van der Waals surface area contributed by atoms with Gasteiger partial charge >= 0.3 is 5.97 Å². The zero-order chi connectivity index (χ0) is 14.1. The van der Waals surface area contributed by atoms with Crippen molar-refractivity contribution in [3.05, 3.63) is 59.0 Å². The molecule has 100 valence electrons. The molecule has 1 aromatic heterocycles. The Kier molecular flexibility index (Phi) is 3.28. The third-order valence-corrected chi connectivity index (χ3v) is 4.37. The summed E-state index contributed by atoms with van der Waals surface area (Å²) in [5.74, 6) is -0.275. The molecular weight excluding hydrogens is 268 g/mol. The first-order valence-corrected chi connectivity index (χ1v) is 7.18. The molecule has 0 atom stereocenters. The minimum absolute atomic E-state index is 0.275. The van der Waals surface area contributed by atoms with Crippen LogP contribution < -0.4 is 0 Å². The third-order valence-electron chi connectivity index (χ3n) is 3.29. The zero-order valence-corrected chi connectivity index (χ0v) is 12.2. The first-order chi connectivity index (χ1) is 9.67. The second-order valence-electron chi connectivity index (χ2n) is 4.72. The number of methoxy groups -OCH3 is 1. The molecule has 3 aromatic rings. The molecule has 0 aliphatic rings. The predicted molar refractivity (Wildman–Crippen MR) is 83.3 cm³/mol. The van der Waals surface area contributed by atoms with Crippen molar-refractivity contribution < 1.29 is 9.53 Å². The Hall–Kier alpha value is -2.13. The van der Waals surface area contributed by atoms with Crippen LogP contribution in [0.25, 0.3) is 21.2 Å². The van der Waals surface area contributed by atoms with Crippen molar-refractivity contribution in [2.45, 2.75) is 6.92 Å². The predicted octanol–water partition coefficient (Wildman–Crippen LogP) is 4.66. The molecule has 0 radical (unpaired) electrons. The Morgan fingerprint density at radius 2 is 1.70 bits per heavy atom. The monoisotopic (exact) mass is 282 g/mol. The first kappa shape index (κ1) is 12.9. The summed E-state index contributed by atoms with van der Waals surface area (Å²) in [4.78, 5) is 12.2. The maximum atomic E-state index is 11.6. The average Bonchev–Trinajstić information content (AvgIpc) is 2.90. The molecule has 3 heteroatoms. The number of carbonyl (C=O) groups is 1. The van der Waals surface area contributed by atoms with Gasteiger partial charge in [0.15, 0.2) is 0 Å². The van der Waals surface area contributed by atoms with E-state index >= 15 is 0 Å². The Labute approximate surface area is 121 Å². The van der Waals surface area contributed by atoms with Crippen LogP contribution in [0.1, 0.15) is 15.2 Å². The topological polar surface area (TPSA) is 26.3 Å². The molecule has 1 heterocycles. The van der Waals surface area contributed by atoms with E-state index in [1.807, 2.05) is 12.1 Å². The van der Waals surface area contributed by atoms with Crippen LogP contribution in [-0.2, 0) is 4.74 Å². The lowest BCUT2D eigenvalue weighted by Crippen LogP contribution is -1.96. The first-order valence-electron chi connectivity index (χ1n) is 6.36. The highest BCUT2D eigenvalue weighted by molar-refractivity contribution is 7.20. The fourth-order valence-electron chi connectivity index (χ4n) is 2.16. The van der Waals surface area contributed by atoms with Crippen LogP contribution in [0.3, 0.4) is 0 Å². The minimum Gasteiger partial charge on any atom is -0.465 e. The van der Waals surface area contributed by atoms with Gasteiger partial charge in [0, 0.05) is 4.70 Å². The molecule has 0 saturated heterocycles. The summed E-state index contributed by atoms with van der Waals surface area (Å²) in [6.07, 6.45) is 0. The highest BCUT2D eigenvalue weighted by atomic mass is 32.1. The fraction of sp³-hybridized carbons (Fsp3) is 0.118. The number of esters is 1. The largest absolute Gasteiger partial charge is 0.465 e. The highest BCUT2D eigenvalue weighted by Gasteiger charge is 2.10. The number of benzene rings is 2. The molecular formula is C17H14O2S. The molecule has 0 unspecified atom stereocenters. The van der Waals surface area contributed by atoms with Crippen LogP contribution in [0.5, 0.6) is 0 Å². The van der Waals surface area contributed by atoms with Gasteiger partial charge in [-0.1, -0.05) is 42.0 Å². The molecule has 0 saturated carbocycles. The molecule has 0 N–H and O–H groups in total. The van der Waals surface area contributed by atoms with Gasteiger partial charge in [0.2, 0.25) is 0 Å². The van der Waals surface area contributed by atoms with Crippen molar-refractivity contribution in [1.29, 1.82) is 0 Å². The third kappa shape index (κ3) is 2.32. The van der Waals surface area contributed by atoms with Crippen molar-refractivity contribution in [3.8, 4) is 11.1 Å². The van der Waals surface area contributed by atoms with E-state index in [9.17, 15) is 4.79 Å². The van der Waals surface area contributed by atoms with E-state index in [0.717, 1.165) is 15.6 Å². The fourth-order valence-corrected chi connectivity index (χ4v) is 3.18. The van der Waals surface area contributed by atoms with Gasteiger partial charge < -0.3 is 4.74 Å². The Bertz CT molecular complexity index is 769. The van der Waals surface area contributed by atoms with Crippen molar-refractivity contribution in [3.63, 3.8) is 0 Å². The number of aryl methyl sites for hydroxylation is 1. The van der Waals surface area contributed by atoms with Gasteiger partial charge in [-0.2, -0.15) is 0 Å². The summed E-state index contributed by atoms with van der Waals surface area (Å²) in [7, 11) is 1.41. The number of hydrogen-bond acceptors (Lipinski definition) is 3. The Morgan fingerprint density at radius 3 is 2.40 bits per heavy atom. The van der Waals surface area contributed by atoms with Crippen LogP contribution in [-0.4, -0.2) is 13.1 Å². The molecule has 2 nitrogen and oxygen atoms in total. The van der Waals surface area contributed by atoms with Crippen LogP contribution >= 0.6 is 11.3 Å². The molecule has 0 bridgehead atoms. The van der Waals surface area contributed by atoms with Crippen molar-refractivity contribution in [2.24, 2.45) is 0 Å². The lowest BCUT2D eigenvalue weighted by Gasteiger charge is -2.02. The summed E-state index contributed by atoms with van der Waals surface area (Å²) < 4.78 is 5.87. The molecule has 0 spiro atoms. The van der Waals surface area contributed by atoms with Gasteiger partial charge in [-0.3, -0.25) is 0 Å². The summed E-state index contributed by atoms with van der Waals surface area (Å²) in [5.41, 5.74) is 3.60. The molecule has 3 rings (SSSR count). The summed E-state index contributed by atoms with van der Waals surface area (Å²) in [5, 5.41) is 1.08. The van der Waals surface area contributed by atoms with Gasteiger partial charge in [-0.25, -0.2) is 4.79 Å². The number of carbonyl (C=O) groups excluding carboxylic acids is 1. The van der Waals surface area contributed by atoms with E-state index in [1.165, 1.54) is 29.6 Å². The Morgan fingerprint density at radius 1 is 1.00 bits per heavy atom. The number of thiophene rings is 1. The molecule has 2 aromatic carbocycles. The number of ether oxygens (including phenoxy) is 1. The molecule has 0 aliphatic heterocycles. The van der Waals surface area contributed by atoms with Crippen molar-refractivity contribution in [2.75, 3.05) is 7.11 Å². The lowest BCUT2D eigenvalue weighted by atomic mass is 10.0. The van der Waals surface area contributed by atoms with Crippen LogP contribution in [0.4, 0.5) is 0 Å². The average molecular weight is 282 g/mol. The summed E-state index contributed by atoms with van der Waals surface area (Å²) in [6, 6.07) is 16.6. The van der Waals surface area contributed by atoms with E-state index < -0.39 is 0 Å². The van der Waals surface area contributed by atoms with Crippen molar-refractivity contribution in [1.82, 2.24) is 0 Å². The second-order valence-corrected chi connectivity index (χ2v) is 5.80. The van der Waals surface area contributed by atoms with Gasteiger partial charge in [0.1, 0.15) is 4.88 Å². The zero-order valence-electron chi connectivity index (χ0n) is 11.3. The van der Waals surface area contributed by atoms with Gasteiger partial charge in [-0.05, 0) is 35.6 Å². The second kappa shape index (κ2) is 5.10. The summed E-state index contributed by atoms with van der Waals surface area (Å²) in [6.45, 7) is 2.08. The van der Waals surface area contributed by atoms with E-state index in [2.05, 4.69) is 43.3 Å². The van der Waals surface area contributed by atoms with Gasteiger partial charge in [0.05, 0.1) is 7.11 Å². The summed E-state index contributed by atoms with van der Waals surface area (Å²) >= 11 is 1.47. The normalized spacial score (nSPS) is 10.7.